The Bertz CT molecular complexity index is 1080. The van der Waals surface area contributed by atoms with Gasteiger partial charge in [-0.3, -0.25) is 4.79 Å². The van der Waals surface area contributed by atoms with Gasteiger partial charge in [-0.15, -0.1) is 11.3 Å². The van der Waals surface area contributed by atoms with E-state index in [0.29, 0.717) is 11.4 Å². The minimum absolute atomic E-state index is 0.0231. The van der Waals surface area contributed by atoms with Crippen molar-refractivity contribution in [1.29, 1.82) is 5.26 Å². The van der Waals surface area contributed by atoms with E-state index < -0.39 is 11.5 Å². The van der Waals surface area contributed by atoms with Crippen molar-refractivity contribution in [2.75, 3.05) is 12.8 Å². The highest BCUT2D eigenvalue weighted by Crippen LogP contribution is 2.33. The van der Waals surface area contributed by atoms with Crippen LogP contribution >= 0.6 is 11.3 Å². The van der Waals surface area contributed by atoms with Crippen molar-refractivity contribution in [2.24, 2.45) is 0 Å². The molecule has 0 aliphatic rings. The largest absolute Gasteiger partial charge is 0.494 e. The number of carboxylic acid groups (broad SMARTS) is 1. The number of nitriles is 1. The Kier molecular flexibility index (Phi) is 3.67. The number of hydrogen-bond donors (Lipinski definition) is 2. The Labute approximate surface area is 138 Å². The first-order valence-corrected chi connectivity index (χ1v) is 7.43. The third-order valence-electron chi connectivity index (χ3n) is 3.39. The lowest BCUT2D eigenvalue weighted by Crippen LogP contribution is -2.23. The van der Waals surface area contributed by atoms with E-state index in [1.165, 1.54) is 7.11 Å². The molecular formula is C15H10N4O4S. The molecule has 3 rings (SSSR count). The number of rotatable bonds is 3. The predicted molar refractivity (Wildman–Crippen MR) is 87.9 cm³/mol. The summed E-state index contributed by atoms with van der Waals surface area (Å²) in [7, 11) is 1.44. The number of anilines is 1. The van der Waals surface area contributed by atoms with Gasteiger partial charge in [0.2, 0.25) is 0 Å². The fraction of sp³-hybridized carbons (Fsp3) is 0.0667. The predicted octanol–water partition coefficient (Wildman–Crippen LogP) is 1.61. The average Bonchev–Trinajstić information content (AvgIpc) is 2.94. The van der Waals surface area contributed by atoms with Crippen LogP contribution in [0.4, 0.5) is 5.00 Å². The van der Waals surface area contributed by atoms with Gasteiger partial charge in [-0.1, -0.05) is 12.1 Å². The molecule has 0 spiro atoms. The van der Waals surface area contributed by atoms with Crippen LogP contribution in [0.3, 0.4) is 0 Å². The van der Waals surface area contributed by atoms with Gasteiger partial charge in [0, 0.05) is 0 Å². The van der Waals surface area contributed by atoms with Gasteiger partial charge in [0.25, 0.3) is 5.56 Å². The smallest absolute Gasteiger partial charge is 0.346 e. The van der Waals surface area contributed by atoms with Crippen LogP contribution < -0.4 is 16.0 Å². The van der Waals surface area contributed by atoms with Crippen LogP contribution in [-0.2, 0) is 0 Å². The highest BCUT2D eigenvalue weighted by Gasteiger charge is 2.24. The monoisotopic (exact) mass is 342 g/mol. The lowest BCUT2D eigenvalue weighted by Gasteiger charge is -2.10. The first-order chi connectivity index (χ1) is 11.5. The molecule has 0 amide bonds. The molecule has 3 aromatic rings. The fourth-order valence-electron chi connectivity index (χ4n) is 2.39. The summed E-state index contributed by atoms with van der Waals surface area (Å²) in [6.45, 7) is 0. The van der Waals surface area contributed by atoms with Gasteiger partial charge in [-0.05, 0) is 12.1 Å². The second-order valence-electron chi connectivity index (χ2n) is 4.70. The zero-order chi connectivity index (χ0) is 17.4. The Morgan fingerprint density at radius 1 is 1.42 bits per heavy atom. The standard InChI is InChI=1S/C15H10N4O4S/c1-23-9-5-3-2-4-8(9)19-14(20)11-10(7(6-16)18-19)12(15(21)22)24-13(11)17/h2-5H,17H2,1H3,(H,21,22). The van der Waals surface area contributed by atoms with E-state index in [9.17, 15) is 20.0 Å². The van der Waals surface area contributed by atoms with E-state index >= 15 is 0 Å². The number of aromatic nitrogens is 2. The third kappa shape index (κ3) is 2.17. The number of para-hydroxylation sites is 2. The minimum Gasteiger partial charge on any atom is -0.494 e. The molecule has 0 radical (unpaired) electrons. The van der Waals surface area contributed by atoms with Crippen molar-refractivity contribution in [3.8, 4) is 17.5 Å². The molecular weight excluding hydrogens is 332 g/mol. The second-order valence-corrected chi connectivity index (χ2v) is 5.75. The maximum Gasteiger partial charge on any atom is 0.346 e. The first kappa shape index (κ1) is 15.5. The number of thiophene rings is 1. The molecule has 120 valence electrons. The van der Waals surface area contributed by atoms with Gasteiger partial charge in [0.15, 0.2) is 5.69 Å². The molecule has 0 saturated heterocycles. The van der Waals surface area contributed by atoms with Crippen molar-refractivity contribution in [3.05, 3.63) is 45.2 Å². The molecule has 1 aromatic carbocycles. The van der Waals surface area contributed by atoms with Gasteiger partial charge >= 0.3 is 5.97 Å². The number of nitrogen functional groups attached to an aromatic ring is 1. The number of carboxylic acids is 1. The number of fused-ring (bicyclic) bond motifs is 1. The highest BCUT2D eigenvalue weighted by atomic mass is 32.1. The quantitative estimate of drug-likeness (QED) is 0.739. The number of carbonyl (C=O) groups is 1. The lowest BCUT2D eigenvalue weighted by atomic mass is 10.2. The van der Waals surface area contributed by atoms with Crippen molar-refractivity contribution < 1.29 is 14.6 Å². The maximum atomic E-state index is 12.8. The van der Waals surface area contributed by atoms with Crippen molar-refractivity contribution in [2.45, 2.75) is 0 Å². The van der Waals surface area contributed by atoms with Gasteiger partial charge in [-0.25, -0.2) is 4.79 Å². The summed E-state index contributed by atoms with van der Waals surface area (Å²) in [5.74, 6) is -0.892. The van der Waals surface area contributed by atoms with Gasteiger partial charge in [-0.2, -0.15) is 15.0 Å². The van der Waals surface area contributed by atoms with E-state index in [-0.39, 0.29) is 26.3 Å². The van der Waals surface area contributed by atoms with Gasteiger partial charge < -0.3 is 15.6 Å². The van der Waals surface area contributed by atoms with E-state index in [2.05, 4.69) is 5.10 Å². The number of nitrogens with zero attached hydrogens (tertiary/aromatic N) is 3. The van der Waals surface area contributed by atoms with Crippen LogP contribution in [0, 0.1) is 11.3 Å². The summed E-state index contributed by atoms with van der Waals surface area (Å²) in [4.78, 5) is 24.0. The van der Waals surface area contributed by atoms with E-state index in [1.807, 2.05) is 6.07 Å². The molecule has 0 aliphatic carbocycles. The summed E-state index contributed by atoms with van der Waals surface area (Å²) in [5, 5.41) is 22.6. The number of hydrogen-bond acceptors (Lipinski definition) is 7. The van der Waals surface area contributed by atoms with E-state index in [0.717, 1.165) is 16.0 Å². The molecule has 0 unspecified atom stereocenters. The molecule has 9 heteroatoms. The summed E-state index contributed by atoms with van der Waals surface area (Å²) in [6, 6.07) is 8.47. The lowest BCUT2D eigenvalue weighted by molar-refractivity contribution is 0.0704. The number of benzene rings is 1. The molecule has 0 saturated carbocycles. The molecule has 0 atom stereocenters. The van der Waals surface area contributed by atoms with Crippen molar-refractivity contribution in [1.82, 2.24) is 9.78 Å². The summed E-state index contributed by atoms with van der Waals surface area (Å²) >= 11 is 0.736. The highest BCUT2D eigenvalue weighted by molar-refractivity contribution is 7.19. The summed E-state index contributed by atoms with van der Waals surface area (Å²) in [5.41, 5.74) is 5.35. The molecule has 24 heavy (non-hydrogen) atoms. The number of nitrogens with two attached hydrogens (primary N) is 1. The zero-order valence-electron chi connectivity index (χ0n) is 12.3. The van der Waals surface area contributed by atoms with Crippen LogP contribution in [0.5, 0.6) is 5.75 Å². The molecule has 0 bridgehead atoms. The minimum atomic E-state index is -1.27. The zero-order valence-corrected chi connectivity index (χ0v) is 13.1. The Hall–Kier alpha value is -3.38. The van der Waals surface area contributed by atoms with Gasteiger partial charge in [0.1, 0.15) is 27.4 Å². The van der Waals surface area contributed by atoms with Crippen LogP contribution in [0.25, 0.3) is 16.5 Å². The normalized spacial score (nSPS) is 10.5. The summed E-state index contributed by atoms with van der Waals surface area (Å²) in [6.07, 6.45) is 0. The van der Waals surface area contributed by atoms with E-state index in [4.69, 9.17) is 10.5 Å². The Morgan fingerprint density at radius 2 is 2.12 bits per heavy atom. The fourth-order valence-corrected chi connectivity index (χ4v) is 3.28. The van der Waals surface area contributed by atoms with Crippen LogP contribution in [0.2, 0.25) is 0 Å². The molecule has 0 fully saturated rings. The average molecular weight is 342 g/mol. The Balaban J connectivity index is 2.48. The van der Waals surface area contributed by atoms with Crippen LogP contribution in [0.1, 0.15) is 15.4 Å². The molecule has 2 aromatic heterocycles. The van der Waals surface area contributed by atoms with Crippen LogP contribution in [-0.4, -0.2) is 28.0 Å². The SMILES string of the molecule is COc1ccccc1-n1nc(C#N)c2c(C(=O)O)sc(N)c2c1=O. The number of methoxy groups -OCH3 is 1. The molecule has 8 nitrogen and oxygen atoms in total. The van der Waals surface area contributed by atoms with E-state index in [1.54, 1.807) is 24.3 Å². The molecule has 3 N–H and O–H groups in total. The third-order valence-corrected chi connectivity index (χ3v) is 4.40. The number of ether oxygens (including phenoxy) is 1. The van der Waals surface area contributed by atoms with Gasteiger partial charge in [0.05, 0.1) is 17.9 Å². The Morgan fingerprint density at radius 3 is 2.75 bits per heavy atom. The maximum absolute atomic E-state index is 12.8. The van der Waals surface area contributed by atoms with Crippen LogP contribution in [0.15, 0.2) is 29.1 Å². The van der Waals surface area contributed by atoms with Crippen molar-refractivity contribution >= 4 is 33.1 Å². The first-order valence-electron chi connectivity index (χ1n) is 6.61. The van der Waals surface area contributed by atoms with Crippen molar-refractivity contribution in [3.63, 3.8) is 0 Å². The second kappa shape index (κ2) is 5.68. The summed E-state index contributed by atoms with van der Waals surface area (Å²) < 4.78 is 6.20. The topological polar surface area (TPSA) is 131 Å². The molecule has 2 heterocycles. The number of aromatic carboxylic acids is 1. The molecule has 0 aliphatic heterocycles.